The quantitative estimate of drug-likeness (QED) is 0.179. The third kappa shape index (κ3) is 4.27. The van der Waals surface area contributed by atoms with Gasteiger partial charge in [-0.3, -0.25) is 13.8 Å². The zero-order chi connectivity index (χ0) is 33.2. The van der Waals surface area contributed by atoms with E-state index in [1.807, 2.05) is 144 Å². The van der Waals surface area contributed by atoms with Gasteiger partial charge in [0.2, 0.25) is 0 Å². The number of hydrogen-bond donors (Lipinski definition) is 0. The Morgan fingerprint density at radius 2 is 0.960 bits per heavy atom. The van der Waals surface area contributed by atoms with Crippen LogP contribution in [0.5, 0.6) is 0 Å². The minimum Gasteiger partial charge on any atom is -0.277 e. The van der Waals surface area contributed by atoms with Crippen LogP contribution in [-0.2, 0) is 0 Å². The highest BCUT2D eigenvalue weighted by atomic mass is 16.1. The summed E-state index contributed by atoms with van der Waals surface area (Å²) in [6.07, 6.45) is 0. The lowest BCUT2D eigenvalue weighted by Gasteiger charge is -2.18. The fourth-order valence-corrected chi connectivity index (χ4v) is 7.09. The molecule has 234 valence electrons. The smallest absolute Gasteiger partial charge is 0.264 e. The summed E-state index contributed by atoms with van der Waals surface area (Å²) in [5.41, 5.74) is 6.45. The maximum Gasteiger partial charge on any atom is 0.264 e. The van der Waals surface area contributed by atoms with Gasteiger partial charge in [-0.1, -0.05) is 127 Å². The van der Waals surface area contributed by atoms with Crippen LogP contribution in [0.3, 0.4) is 0 Å². The molecule has 0 aliphatic carbocycles. The molecule has 6 aromatic carbocycles. The lowest BCUT2D eigenvalue weighted by molar-refractivity contribution is 1.02. The SMILES string of the molecule is O=c1c2ccccc2c2c3ccccc3c3nc4ccccc4n3c2n1-c1cccc(-c2nc(-c3ccccc3)nc(-c3ccccc3)n2)c1. The molecule has 0 N–H and O–H groups in total. The first-order chi connectivity index (χ1) is 24.7. The third-order valence-corrected chi connectivity index (χ3v) is 9.34. The predicted molar refractivity (Wildman–Crippen MR) is 201 cm³/mol. The highest BCUT2D eigenvalue weighted by Crippen LogP contribution is 2.36. The van der Waals surface area contributed by atoms with Gasteiger partial charge in [-0.05, 0) is 41.1 Å². The Morgan fingerprint density at radius 1 is 0.440 bits per heavy atom. The normalized spacial score (nSPS) is 11.7. The average Bonchev–Trinajstić information content (AvgIpc) is 3.59. The van der Waals surface area contributed by atoms with Gasteiger partial charge in [0, 0.05) is 32.8 Å². The molecule has 0 atom stereocenters. The van der Waals surface area contributed by atoms with Crippen LogP contribution >= 0.6 is 0 Å². The number of para-hydroxylation sites is 2. The molecule has 4 aromatic heterocycles. The van der Waals surface area contributed by atoms with Crippen molar-refractivity contribution in [2.24, 2.45) is 0 Å². The molecular weight excluding hydrogens is 617 g/mol. The molecule has 0 radical (unpaired) electrons. The van der Waals surface area contributed by atoms with Crippen LogP contribution in [-0.4, -0.2) is 28.9 Å². The van der Waals surface area contributed by atoms with Crippen LogP contribution in [0.1, 0.15) is 0 Å². The fourth-order valence-electron chi connectivity index (χ4n) is 7.09. The molecule has 0 fully saturated rings. The molecule has 10 aromatic rings. The van der Waals surface area contributed by atoms with Crippen molar-refractivity contribution in [2.75, 3.05) is 0 Å². The number of imidazole rings is 1. The summed E-state index contributed by atoms with van der Waals surface area (Å²) in [4.78, 5) is 34.7. The summed E-state index contributed by atoms with van der Waals surface area (Å²) in [5, 5.41) is 4.57. The Morgan fingerprint density at radius 3 is 1.64 bits per heavy atom. The Bertz CT molecular complexity index is 2950. The lowest BCUT2D eigenvalue weighted by atomic mass is 10.0. The molecule has 0 aliphatic heterocycles. The van der Waals surface area contributed by atoms with Gasteiger partial charge in [0.25, 0.3) is 5.56 Å². The summed E-state index contributed by atoms with van der Waals surface area (Å²) in [6, 6.07) is 52.0. The van der Waals surface area contributed by atoms with Crippen molar-refractivity contribution >= 4 is 49.3 Å². The maximum atomic E-state index is 14.8. The molecule has 0 bridgehead atoms. The first-order valence-corrected chi connectivity index (χ1v) is 16.5. The highest BCUT2D eigenvalue weighted by Gasteiger charge is 2.22. The molecule has 50 heavy (non-hydrogen) atoms. The summed E-state index contributed by atoms with van der Waals surface area (Å²) in [6.45, 7) is 0. The van der Waals surface area contributed by atoms with Gasteiger partial charge in [0.1, 0.15) is 11.3 Å². The van der Waals surface area contributed by atoms with E-state index in [2.05, 4.69) is 22.6 Å². The van der Waals surface area contributed by atoms with E-state index in [0.29, 0.717) is 28.5 Å². The van der Waals surface area contributed by atoms with Crippen LogP contribution < -0.4 is 5.56 Å². The second kappa shape index (κ2) is 11.0. The fraction of sp³-hybridized carbons (Fsp3) is 0. The highest BCUT2D eigenvalue weighted by molar-refractivity contribution is 6.22. The number of pyridine rings is 2. The van der Waals surface area contributed by atoms with Crippen molar-refractivity contribution in [3.05, 3.63) is 168 Å². The van der Waals surface area contributed by atoms with Gasteiger partial charge in [-0.15, -0.1) is 0 Å². The molecule has 0 unspecified atom stereocenters. The largest absolute Gasteiger partial charge is 0.277 e. The molecule has 0 aliphatic rings. The van der Waals surface area contributed by atoms with Crippen LogP contribution in [0.15, 0.2) is 163 Å². The van der Waals surface area contributed by atoms with E-state index in [1.54, 1.807) is 0 Å². The summed E-state index contributed by atoms with van der Waals surface area (Å²) >= 11 is 0. The maximum absolute atomic E-state index is 14.8. The number of fused-ring (bicyclic) bond motifs is 10. The van der Waals surface area contributed by atoms with Crippen molar-refractivity contribution in [2.45, 2.75) is 0 Å². The van der Waals surface area contributed by atoms with Crippen molar-refractivity contribution < 1.29 is 0 Å². The molecule has 0 amide bonds. The minimum atomic E-state index is -0.120. The van der Waals surface area contributed by atoms with Crippen molar-refractivity contribution in [1.29, 1.82) is 0 Å². The molecule has 7 nitrogen and oxygen atoms in total. The van der Waals surface area contributed by atoms with E-state index in [4.69, 9.17) is 19.9 Å². The monoisotopic (exact) mass is 642 g/mol. The summed E-state index contributed by atoms with van der Waals surface area (Å²) < 4.78 is 3.96. The van der Waals surface area contributed by atoms with E-state index in [1.165, 1.54) is 0 Å². The average molecular weight is 643 g/mol. The van der Waals surface area contributed by atoms with Gasteiger partial charge >= 0.3 is 0 Å². The van der Waals surface area contributed by atoms with Gasteiger partial charge in [-0.25, -0.2) is 19.9 Å². The predicted octanol–water partition coefficient (Wildman–Crippen LogP) is 9.28. The zero-order valence-corrected chi connectivity index (χ0v) is 26.6. The number of benzene rings is 6. The van der Waals surface area contributed by atoms with Crippen molar-refractivity contribution in [3.63, 3.8) is 0 Å². The summed E-state index contributed by atoms with van der Waals surface area (Å²) in [7, 11) is 0. The standard InChI is InChI=1S/C43H26N6O/c50-43-34-23-10-8-21-32(34)37-31-20-7-9-22-33(31)41-44-35-24-11-12-25-36(35)49(41)42(37)48(43)30-19-13-18-29(26-30)40-46-38(27-14-3-1-4-15-27)45-39(47-40)28-16-5-2-6-17-28/h1-26H. The Balaban J connectivity index is 1.31. The van der Waals surface area contributed by atoms with Crippen LogP contribution in [0, 0.1) is 0 Å². The second-order valence-electron chi connectivity index (χ2n) is 12.3. The molecule has 4 heterocycles. The number of rotatable bonds is 4. The topological polar surface area (TPSA) is 78.0 Å². The van der Waals surface area contributed by atoms with E-state index in [9.17, 15) is 4.79 Å². The van der Waals surface area contributed by atoms with Crippen molar-refractivity contribution in [1.82, 2.24) is 28.9 Å². The lowest BCUT2D eigenvalue weighted by Crippen LogP contribution is -2.21. The van der Waals surface area contributed by atoms with E-state index in [-0.39, 0.29) is 5.56 Å². The van der Waals surface area contributed by atoms with Gasteiger partial charge < -0.3 is 0 Å². The minimum absolute atomic E-state index is 0.120. The molecular formula is C43H26N6O. The van der Waals surface area contributed by atoms with Gasteiger partial charge in [-0.2, -0.15) is 0 Å². The van der Waals surface area contributed by atoms with E-state index in [0.717, 1.165) is 60.6 Å². The van der Waals surface area contributed by atoms with Crippen LogP contribution in [0.2, 0.25) is 0 Å². The van der Waals surface area contributed by atoms with Crippen LogP contribution in [0.4, 0.5) is 0 Å². The number of nitrogens with zero attached hydrogens (tertiary/aromatic N) is 6. The zero-order valence-electron chi connectivity index (χ0n) is 26.6. The molecule has 0 saturated carbocycles. The molecule has 7 heteroatoms. The molecule has 0 saturated heterocycles. The number of hydrogen-bond acceptors (Lipinski definition) is 5. The Labute approximate surface area is 285 Å². The summed E-state index contributed by atoms with van der Waals surface area (Å²) in [5.74, 6) is 1.67. The van der Waals surface area contributed by atoms with Crippen LogP contribution in [0.25, 0.3) is 89.1 Å². The van der Waals surface area contributed by atoms with Gasteiger partial charge in [0.05, 0.1) is 16.7 Å². The van der Waals surface area contributed by atoms with E-state index < -0.39 is 0 Å². The number of aromatic nitrogens is 6. The molecule has 0 spiro atoms. The Hall–Kier alpha value is -6.99. The second-order valence-corrected chi connectivity index (χ2v) is 12.3. The van der Waals surface area contributed by atoms with Crippen molar-refractivity contribution in [3.8, 4) is 39.9 Å². The van der Waals surface area contributed by atoms with Gasteiger partial charge in [0.15, 0.2) is 17.5 Å². The molecule has 10 rings (SSSR count). The van der Waals surface area contributed by atoms with E-state index >= 15 is 0 Å². The third-order valence-electron chi connectivity index (χ3n) is 9.34. The Kier molecular flexibility index (Phi) is 6.19. The first-order valence-electron chi connectivity index (χ1n) is 16.5. The first kappa shape index (κ1) is 28.1.